The van der Waals surface area contributed by atoms with Gasteiger partial charge in [0, 0.05) is 18.4 Å². The average molecular weight is 464 g/mol. The van der Waals surface area contributed by atoms with Crippen molar-refractivity contribution in [3.8, 4) is 11.8 Å². The Kier molecular flexibility index (Phi) is 5.20. The Hall–Kier alpha value is -4.22. The van der Waals surface area contributed by atoms with E-state index >= 15 is 0 Å². The SMILES string of the molecule is C=CCn1c(=O)c2cnc(Nc3ccc4c(c3)CCNC4)nc2n1-c1ccc(C#N)c(C2CC2)c1. The number of benzene rings is 2. The summed E-state index contributed by atoms with van der Waals surface area (Å²) in [5.74, 6) is 0.823. The van der Waals surface area contributed by atoms with Crippen LogP contribution in [0, 0.1) is 11.3 Å². The molecule has 0 spiro atoms. The van der Waals surface area contributed by atoms with Gasteiger partial charge in [-0.2, -0.15) is 10.2 Å². The molecule has 2 aromatic carbocycles. The van der Waals surface area contributed by atoms with E-state index in [9.17, 15) is 10.1 Å². The van der Waals surface area contributed by atoms with Crippen LogP contribution in [0.5, 0.6) is 0 Å². The van der Waals surface area contributed by atoms with Crippen molar-refractivity contribution >= 4 is 22.7 Å². The van der Waals surface area contributed by atoms with Crippen molar-refractivity contribution in [3.63, 3.8) is 0 Å². The Morgan fingerprint density at radius 1 is 1.23 bits per heavy atom. The molecule has 6 rings (SSSR count). The van der Waals surface area contributed by atoms with Crippen LogP contribution in [0.2, 0.25) is 0 Å². The summed E-state index contributed by atoms with van der Waals surface area (Å²) in [5, 5.41) is 16.7. The maximum absolute atomic E-state index is 13.2. The van der Waals surface area contributed by atoms with E-state index in [1.54, 1.807) is 17.0 Å². The second-order valence-electron chi connectivity index (χ2n) is 9.11. The Morgan fingerprint density at radius 2 is 2.11 bits per heavy atom. The van der Waals surface area contributed by atoms with Crippen LogP contribution in [-0.2, 0) is 19.5 Å². The standard InChI is InChI=1S/C27H25N7O/c1-2-11-33-26(35)24-16-30-27(31-21-7-5-20-15-29-10-9-18(20)12-21)32-25(24)34(33)22-8-6-19(14-28)23(13-22)17-3-4-17/h2,5-8,12-13,16-17,29H,1,3-4,9-11,15H2,(H,30,31,32). The second-order valence-corrected chi connectivity index (χ2v) is 9.11. The van der Waals surface area contributed by atoms with Gasteiger partial charge in [0.25, 0.3) is 5.56 Å². The maximum atomic E-state index is 13.2. The largest absolute Gasteiger partial charge is 0.324 e. The van der Waals surface area contributed by atoms with E-state index in [1.165, 1.54) is 11.1 Å². The number of nitrogens with one attached hydrogen (secondary N) is 2. The van der Waals surface area contributed by atoms with Crippen molar-refractivity contribution in [2.24, 2.45) is 0 Å². The summed E-state index contributed by atoms with van der Waals surface area (Å²) < 4.78 is 3.43. The highest BCUT2D eigenvalue weighted by molar-refractivity contribution is 5.77. The molecular formula is C27H25N7O. The monoisotopic (exact) mass is 463 g/mol. The van der Waals surface area contributed by atoms with Crippen molar-refractivity contribution in [3.05, 3.63) is 87.9 Å². The molecule has 0 amide bonds. The zero-order valence-electron chi connectivity index (χ0n) is 19.3. The number of hydrogen-bond donors (Lipinski definition) is 2. The van der Waals surface area contributed by atoms with Gasteiger partial charge in [-0.3, -0.25) is 4.79 Å². The molecule has 0 radical (unpaired) electrons. The van der Waals surface area contributed by atoms with Gasteiger partial charge in [-0.1, -0.05) is 12.1 Å². The summed E-state index contributed by atoms with van der Waals surface area (Å²) in [5.41, 5.74) is 6.39. The van der Waals surface area contributed by atoms with Gasteiger partial charge in [-0.05, 0) is 78.7 Å². The zero-order valence-corrected chi connectivity index (χ0v) is 19.3. The summed E-state index contributed by atoms with van der Waals surface area (Å²) >= 11 is 0. The number of allylic oxidation sites excluding steroid dienone is 1. The zero-order chi connectivity index (χ0) is 23.9. The van der Waals surface area contributed by atoms with Gasteiger partial charge >= 0.3 is 0 Å². The van der Waals surface area contributed by atoms with Gasteiger partial charge in [0.05, 0.1) is 23.9 Å². The molecule has 0 unspecified atom stereocenters. The first-order valence-corrected chi connectivity index (χ1v) is 11.9. The second kappa shape index (κ2) is 8.53. The third-order valence-electron chi connectivity index (χ3n) is 6.74. The van der Waals surface area contributed by atoms with Crippen LogP contribution in [0.1, 0.15) is 41.0 Å². The van der Waals surface area contributed by atoms with Crippen molar-refractivity contribution < 1.29 is 0 Å². The first kappa shape index (κ1) is 21.3. The fourth-order valence-corrected chi connectivity index (χ4v) is 4.84. The Labute approximate surface area is 202 Å². The van der Waals surface area contributed by atoms with Gasteiger partial charge in [-0.25, -0.2) is 14.3 Å². The minimum absolute atomic E-state index is 0.176. The summed E-state index contributed by atoms with van der Waals surface area (Å²) in [4.78, 5) is 22.4. The molecule has 1 aliphatic carbocycles. The van der Waals surface area contributed by atoms with E-state index in [1.807, 2.05) is 28.9 Å². The highest BCUT2D eigenvalue weighted by atomic mass is 16.1. The van der Waals surface area contributed by atoms with Crippen LogP contribution in [0.3, 0.4) is 0 Å². The molecule has 8 nitrogen and oxygen atoms in total. The predicted octanol–water partition coefficient (Wildman–Crippen LogP) is 3.91. The topological polar surface area (TPSA) is 101 Å². The molecule has 0 bridgehead atoms. The maximum Gasteiger partial charge on any atom is 0.278 e. The van der Waals surface area contributed by atoms with E-state index in [2.05, 4.69) is 40.4 Å². The van der Waals surface area contributed by atoms with Crippen LogP contribution in [0.15, 0.2) is 60.0 Å². The van der Waals surface area contributed by atoms with E-state index in [-0.39, 0.29) is 5.56 Å². The third kappa shape index (κ3) is 3.80. The number of hydrogen-bond acceptors (Lipinski definition) is 6. The summed E-state index contributed by atoms with van der Waals surface area (Å²) in [6.45, 7) is 6.00. The summed E-state index contributed by atoms with van der Waals surface area (Å²) in [6.07, 6.45) is 6.42. The van der Waals surface area contributed by atoms with Gasteiger partial charge in [0.15, 0.2) is 5.65 Å². The van der Waals surface area contributed by atoms with Crippen LogP contribution >= 0.6 is 0 Å². The molecule has 4 aromatic rings. The number of rotatable bonds is 6. The highest BCUT2D eigenvalue weighted by Crippen LogP contribution is 2.42. The molecule has 1 fully saturated rings. The molecular weight excluding hydrogens is 438 g/mol. The lowest BCUT2D eigenvalue weighted by Gasteiger charge is -2.18. The van der Waals surface area contributed by atoms with Crippen molar-refractivity contribution in [1.29, 1.82) is 5.26 Å². The van der Waals surface area contributed by atoms with E-state index in [0.29, 0.717) is 35.0 Å². The summed E-state index contributed by atoms with van der Waals surface area (Å²) in [7, 11) is 0. The van der Waals surface area contributed by atoms with Crippen LogP contribution in [-0.4, -0.2) is 25.9 Å². The van der Waals surface area contributed by atoms with Crippen molar-refractivity contribution in [1.82, 2.24) is 24.6 Å². The van der Waals surface area contributed by atoms with Crippen LogP contribution < -0.4 is 16.2 Å². The first-order valence-electron chi connectivity index (χ1n) is 11.9. The van der Waals surface area contributed by atoms with E-state index < -0.39 is 0 Å². The van der Waals surface area contributed by atoms with Crippen LogP contribution in [0.4, 0.5) is 11.6 Å². The predicted molar refractivity (Wildman–Crippen MR) is 135 cm³/mol. The molecule has 0 atom stereocenters. The molecule has 1 aliphatic heterocycles. The van der Waals surface area contributed by atoms with E-state index in [4.69, 9.17) is 4.98 Å². The van der Waals surface area contributed by atoms with Crippen LogP contribution in [0.25, 0.3) is 16.7 Å². The number of aromatic nitrogens is 4. The molecule has 3 heterocycles. The van der Waals surface area contributed by atoms with Crippen molar-refractivity contribution in [2.45, 2.75) is 38.3 Å². The molecule has 8 heteroatoms. The average Bonchev–Trinajstić information content (AvgIpc) is 3.70. The molecule has 2 N–H and O–H groups in total. The summed E-state index contributed by atoms with van der Waals surface area (Å²) in [6, 6.07) is 14.3. The lowest BCUT2D eigenvalue weighted by atomic mass is 10.0. The van der Waals surface area contributed by atoms with Gasteiger partial charge in [0.1, 0.15) is 5.39 Å². The molecule has 174 valence electrons. The highest BCUT2D eigenvalue weighted by Gasteiger charge is 2.27. The quantitative estimate of drug-likeness (QED) is 0.421. The molecule has 1 saturated carbocycles. The molecule has 2 aromatic heterocycles. The third-order valence-corrected chi connectivity index (χ3v) is 6.74. The molecule has 2 aliphatic rings. The molecule has 0 saturated heterocycles. The minimum Gasteiger partial charge on any atom is -0.324 e. The number of fused-ring (bicyclic) bond motifs is 2. The number of anilines is 2. The normalized spacial score (nSPS) is 14.9. The molecule has 35 heavy (non-hydrogen) atoms. The van der Waals surface area contributed by atoms with E-state index in [0.717, 1.165) is 49.3 Å². The fraction of sp³-hybridized carbons (Fsp3) is 0.259. The Bertz CT molecular complexity index is 1570. The first-order chi connectivity index (χ1) is 17.2. The Morgan fingerprint density at radius 3 is 2.91 bits per heavy atom. The van der Waals surface area contributed by atoms with Gasteiger partial charge in [0.2, 0.25) is 5.95 Å². The minimum atomic E-state index is -0.176. The smallest absolute Gasteiger partial charge is 0.278 e. The lowest BCUT2D eigenvalue weighted by molar-refractivity contribution is 0.605. The lowest BCUT2D eigenvalue weighted by Crippen LogP contribution is -2.23. The Balaban J connectivity index is 1.46. The number of nitrogens with zero attached hydrogens (tertiary/aromatic N) is 5. The fourth-order valence-electron chi connectivity index (χ4n) is 4.84. The van der Waals surface area contributed by atoms with Gasteiger partial charge in [-0.15, -0.1) is 6.58 Å². The van der Waals surface area contributed by atoms with Gasteiger partial charge < -0.3 is 10.6 Å². The van der Waals surface area contributed by atoms with Crippen molar-refractivity contribution in [2.75, 3.05) is 11.9 Å². The number of nitriles is 1.